The molecule has 0 fully saturated rings. The standard InChI is InChI=1S/C18H14O5/c1-23-15-8-4-7-12(18(15)22)17(21)13-9-14(19)10-5-2-3-6-11(10)16(13)20/h2-9,17,21-22H,1H3/t17-/m0/s1. The van der Waals surface area contributed by atoms with Crippen molar-refractivity contribution < 1.29 is 24.5 Å². The van der Waals surface area contributed by atoms with Gasteiger partial charge in [0, 0.05) is 22.3 Å². The van der Waals surface area contributed by atoms with E-state index in [1.165, 1.54) is 19.2 Å². The number of benzene rings is 2. The zero-order chi connectivity index (χ0) is 16.6. The van der Waals surface area contributed by atoms with Crippen LogP contribution in [0.3, 0.4) is 0 Å². The molecular formula is C18H14O5. The molecule has 5 heteroatoms. The summed E-state index contributed by atoms with van der Waals surface area (Å²) < 4.78 is 4.99. The van der Waals surface area contributed by atoms with Crippen LogP contribution in [0.4, 0.5) is 0 Å². The van der Waals surface area contributed by atoms with E-state index >= 15 is 0 Å². The number of aliphatic hydroxyl groups excluding tert-OH is 1. The molecule has 1 aliphatic rings. The van der Waals surface area contributed by atoms with Crippen LogP contribution in [-0.2, 0) is 0 Å². The van der Waals surface area contributed by atoms with Crippen molar-refractivity contribution in [3.63, 3.8) is 0 Å². The Morgan fingerprint density at radius 2 is 1.70 bits per heavy atom. The van der Waals surface area contributed by atoms with E-state index in [4.69, 9.17) is 4.74 Å². The number of phenols is 1. The molecule has 0 spiro atoms. The predicted molar refractivity (Wildman–Crippen MR) is 82.8 cm³/mol. The second-order valence-electron chi connectivity index (χ2n) is 5.14. The lowest BCUT2D eigenvalue weighted by Crippen LogP contribution is -2.21. The van der Waals surface area contributed by atoms with E-state index in [2.05, 4.69) is 0 Å². The van der Waals surface area contributed by atoms with Crippen LogP contribution >= 0.6 is 0 Å². The Kier molecular flexibility index (Phi) is 3.72. The molecule has 2 aromatic carbocycles. The van der Waals surface area contributed by atoms with Crippen LogP contribution < -0.4 is 4.74 Å². The van der Waals surface area contributed by atoms with Gasteiger partial charge in [-0.1, -0.05) is 36.4 Å². The average molecular weight is 310 g/mol. The van der Waals surface area contributed by atoms with Crippen LogP contribution in [-0.4, -0.2) is 28.9 Å². The van der Waals surface area contributed by atoms with Gasteiger partial charge in [-0.15, -0.1) is 0 Å². The largest absolute Gasteiger partial charge is 0.504 e. The molecule has 0 radical (unpaired) electrons. The van der Waals surface area contributed by atoms with Crippen molar-refractivity contribution in [3.05, 3.63) is 70.8 Å². The topological polar surface area (TPSA) is 83.8 Å². The molecule has 0 heterocycles. The van der Waals surface area contributed by atoms with Gasteiger partial charge >= 0.3 is 0 Å². The smallest absolute Gasteiger partial charge is 0.192 e. The van der Waals surface area contributed by atoms with Gasteiger partial charge in [-0.05, 0) is 12.1 Å². The normalized spacial score (nSPS) is 15.0. The number of carbonyl (C=O) groups excluding carboxylic acids is 2. The van der Waals surface area contributed by atoms with E-state index in [-0.39, 0.29) is 34.0 Å². The van der Waals surface area contributed by atoms with Crippen molar-refractivity contribution in [2.75, 3.05) is 7.11 Å². The maximum Gasteiger partial charge on any atom is 0.192 e. The summed E-state index contributed by atoms with van der Waals surface area (Å²) in [5, 5.41) is 20.6. The van der Waals surface area contributed by atoms with E-state index in [0.29, 0.717) is 5.56 Å². The van der Waals surface area contributed by atoms with Gasteiger partial charge in [0.1, 0.15) is 6.10 Å². The van der Waals surface area contributed by atoms with Gasteiger partial charge in [-0.25, -0.2) is 0 Å². The first kappa shape index (κ1) is 15.0. The number of ketones is 2. The molecule has 0 saturated heterocycles. The number of aromatic hydroxyl groups is 1. The fourth-order valence-corrected chi connectivity index (χ4v) is 2.63. The highest BCUT2D eigenvalue weighted by Crippen LogP contribution is 2.38. The van der Waals surface area contributed by atoms with Gasteiger partial charge in [0.25, 0.3) is 0 Å². The zero-order valence-electron chi connectivity index (χ0n) is 12.3. The third-order valence-electron chi connectivity index (χ3n) is 3.83. The van der Waals surface area contributed by atoms with Gasteiger partial charge in [0.2, 0.25) is 0 Å². The van der Waals surface area contributed by atoms with Crippen molar-refractivity contribution in [3.8, 4) is 11.5 Å². The SMILES string of the molecule is COc1cccc([C@H](O)C2=CC(=O)c3ccccc3C2=O)c1O. The van der Waals surface area contributed by atoms with Crippen molar-refractivity contribution in [2.24, 2.45) is 0 Å². The third kappa shape index (κ3) is 2.41. The molecule has 0 amide bonds. The van der Waals surface area contributed by atoms with E-state index in [0.717, 1.165) is 6.08 Å². The lowest BCUT2D eigenvalue weighted by Gasteiger charge is -2.20. The van der Waals surface area contributed by atoms with Crippen LogP contribution in [0, 0.1) is 0 Å². The molecule has 0 aliphatic heterocycles. The van der Waals surface area contributed by atoms with Crippen molar-refractivity contribution >= 4 is 11.6 Å². The average Bonchev–Trinajstić information content (AvgIpc) is 2.58. The number of rotatable bonds is 3. The van der Waals surface area contributed by atoms with Crippen molar-refractivity contribution in [2.45, 2.75) is 6.10 Å². The molecule has 0 bridgehead atoms. The summed E-state index contributed by atoms with van der Waals surface area (Å²) in [5.74, 6) is -0.869. The maximum absolute atomic E-state index is 12.5. The molecule has 0 aromatic heterocycles. The first-order valence-corrected chi connectivity index (χ1v) is 6.98. The number of hydrogen-bond acceptors (Lipinski definition) is 5. The zero-order valence-corrected chi connectivity index (χ0v) is 12.3. The molecule has 2 N–H and O–H groups in total. The monoisotopic (exact) mass is 310 g/mol. The predicted octanol–water partition coefficient (Wildman–Crippen LogP) is 2.44. The Bertz CT molecular complexity index is 835. The summed E-state index contributed by atoms with van der Waals surface area (Å²) in [4.78, 5) is 24.7. The van der Waals surface area contributed by atoms with Crippen LogP contribution in [0.15, 0.2) is 54.1 Å². The molecule has 23 heavy (non-hydrogen) atoms. The number of carbonyl (C=O) groups is 2. The molecule has 2 aromatic rings. The number of aliphatic hydroxyl groups is 1. The van der Waals surface area contributed by atoms with E-state index in [1.807, 2.05) is 0 Å². The minimum Gasteiger partial charge on any atom is -0.504 e. The van der Waals surface area contributed by atoms with E-state index in [9.17, 15) is 19.8 Å². The van der Waals surface area contributed by atoms with Crippen molar-refractivity contribution in [1.29, 1.82) is 0 Å². The second-order valence-corrected chi connectivity index (χ2v) is 5.14. The highest BCUT2D eigenvalue weighted by molar-refractivity contribution is 6.24. The van der Waals surface area contributed by atoms with Gasteiger partial charge < -0.3 is 14.9 Å². The number of Topliss-reactive ketones (excluding diaryl/α,β-unsaturated/α-hetero) is 1. The molecular weight excluding hydrogens is 296 g/mol. The Morgan fingerprint density at radius 1 is 1.00 bits per heavy atom. The lowest BCUT2D eigenvalue weighted by molar-refractivity contribution is 0.0945. The number of fused-ring (bicyclic) bond motifs is 1. The molecule has 0 saturated carbocycles. The van der Waals surface area contributed by atoms with E-state index in [1.54, 1.807) is 30.3 Å². The number of allylic oxidation sites excluding steroid dienone is 1. The van der Waals surface area contributed by atoms with Crippen LogP contribution in [0.1, 0.15) is 32.4 Å². The van der Waals surface area contributed by atoms with E-state index < -0.39 is 11.9 Å². The first-order chi connectivity index (χ1) is 11.0. The Balaban J connectivity index is 2.06. The van der Waals surface area contributed by atoms with Crippen LogP contribution in [0.25, 0.3) is 0 Å². The summed E-state index contributed by atoms with van der Waals surface area (Å²) in [6, 6.07) is 11.0. The quantitative estimate of drug-likeness (QED) is 0.909. The summed E-state index contributed by atoms with van der Waals surface area (Å²) in [6.45, 7) is 0. The summed E-state index contributed by atoms with van der Waals surface area (Å²) in [5.41, 5.74) is 0.591. The molecule has 0 unspecified atom stereocenters. The Hall–Kier alpha value is -2.92. The summed E-state index contributed by atoms with van der Waals surface area (Å²) in [7, 11) is 1.38. The third-order valence-corrected chi connectivity index (χ3v) is 3.83. The summed E-state index contributed by atoms with van der Waals surface area (Å²) >= 11 is 0. The number of phenolic OH excluding ortho intramolecular Hbond substituents is 1. The van der Waals surface area contributed by atoms with Crippen molar-refractivity contribution in [1.82, 2.24) is 0 Å². The molecule has 1 atom stereocenters. The minimum atomic E-state index is -1.42. The molecule has 5 nitrogen and oxygen atoms in total. The van der Waals surface area contributed by atoms with Gasteiger partial charge in [-0.3, -0.25) is 9.59 Å². The number of para-hydroxylation sites is 1. The van der Waals surface area contributed by atoms with Gasteiger partial charge in [-0.2, -0.15) is 0 Å². The Morgan fingerprint density at radius 3 is 2.39 bits per heavy atom. The summed E-state index contributed by atoms with van der Waals surface area (Å²) in [6.07, 6.45) is -0.302. The molecule has 116 valence electrons. The fourth-order valence-electron chi connectivity index (χ4n) is 2.63. The van der Waals surface area contributed by atoms with Gasteiger partial charge in [0.05, 0.1) is 7.11 Å². The minimum absolute atomic E-state index is 0.0720. The fraction of sp³-hybridized carbons (Fsp3) is 0.111. The van der Waals surface area contributed by atoms with Crippen LogP contribution in [0.2, 0.25) is 0 Å². The lowest BCUT2D eigenvalue weighted by atomic mass is 9.85. The number of hydrogen-bond donors (Lipinski definition) is 2. The molecule has 3 rings (SSSR count). The van der Waals surface area contributed by atoms with Crippen LogP contribution in [0.5, 0.6) is 11.5 Å². The van der Waals surface area contributed by atoms with Gasteiger partial charge in [0.15, 0.2) is 23.1 Å². The highest BCUT2D eigenvalue weighted by Gasteiger charge is 2.31. The maximum atomic E-state index is 12.5. The molecule has 1 aliphatic carbocycles. The second kappa shape index (κ2) is 5.70. The number of methoxy groups -OCH3 is 1. The number of ether oxygens (including phenoxy) is 1. The Labute approximate surface area is 132 Å². The first-order valence-electron chi connectivity index (χ1n) is 6.98. The highest BCUT2D eigenvalue weighted by atomic mass is 16.5.